The maximum atomic E-state index is 12.1. The normalized spacial score (nSPS) is 18.3. The number of benzene rings is 1. The van der Waals surface area contributed by atoms with E-state index in [1.807, 2.05) is 0 Å². The first-order valence-corrected chi connectivity index (χ1v) is 9.21. The van der Waals surface area contributed by atoms with Crippen LogP contribution in [0.25, 0.3) is 0 Å². The Labute approximate surface area is 137 Å². The first-order valence-electron chi connectivity index (χ1n) is 7.72. The summed E-state index contributed by atoms with van der Waals surface area (Å²) in [5, 5.41) is 6.21. The minimum absolute atomic E-state index is 0.132. The molecule has 6 nitrogen and oxygen atoms in total. The summed E-state index contributed by atoms with van der Waals surface area (Å²) >= 11 is 0. The van der Waals surface area contributed by atoms with Crippen molar-refractivity contribution in [1.82, 2.24) is 15.4 Å². The van der Waals surface area contributed by atoms with Crippen molar-refractivity contribution >= 4 is 15.9 Å². The van der Waals surface area contributed by atoms with Gasteiger partial charge in [0.15, 0.2) is 0 Å². The maximum Gasteiger partial charge on any atom is 0.251 e. The van der Waals surface area contributed by atoms with Crippen LogP contribution in [0.4, 0.5) is 0 Å². The van der Waals surface area contributed by atoms with Crippen LogP contribution in [0.1, 0.15) is 23.2 Å². The number of amides is 1. The van der Waals surface area contributed by atoms with Gasteiger partial charge in [-0.05, 0) is 56.1 Å². The van der Waals surface area contributed by atoms with E-state index in [2.05, 4.69) is 21.9 Å². The molecule has 1 unspecified atom stereocenters. The summed E-state index contributed by atoms with van der Waals surface area (Å²) in [6.45, 7) is 6.23. The SMILES string of the molecule is C=CCNS(=O)(=O)c1ccc(C(=O)NCC2CCCNC2)cc1. The molecule has 0 aromatic heterocycles. The lowest BCUT2D eigenvalue weighted by Gasteiger charge is -2.22. The number of rotatable bonds is 7. The Morgan fingerprint density at radius 1 is 1.35 bits per heavy atom. The van der Waals surface area contributed by atoms with Crippen molar-refractivity contribution < 1.29 is 13.2 Å². The third kappa shape index (κ3) is 5.16. The fourth-order valence-corrected chi connectivity index (χ4v) is 3.47. The number of hydrogen-bond donors (Lipinski definition) is 3. The molecule has 1 amide bonds. The van der Waals surface area contributed by atoms with Crippen LogP contribution in [0.15, 0.2) is 41.8 Å². The Morgan fingerprint density at radius 3 is 2.70 bits per heavy atom. The van der Waals surface area contributed by atoms with E-state index in [0.717, 1.165) is 25.9 Å². The van der Waals surface area contributed by atoms with E-state index in [0.29, 0.717) is 18.0 Å². The summed E-state index contributed by atoms with van der Waals surface area (Å²) in [7, 11) is -3.56. The second-order valence-corrected chi connectivity index (χ2v) is 7.35. The molecule has 3 N–H and O–H groups in total. The molecule has 1 heterocycles. The van der Waals surface area contributed by atoms with Crippen molar-refractivity contribution in [3.05, 3.63) is 42.5 Å². The zero-order chi connectivity index (χ0) is 16.7. The van der Waals surface area contributed by atoms with Gasteiger partial charge >= 0.3 is 0 Å². The fourth-order valence-electron chi connectivity index (χ4n) is 2.47. The number of nitrogens with one attached hydrogen (secondary N) is 3. The van der Waals surface area contributed by atoms with Gasteiger partial charge in [0.05, 0.1) is 4.90 Å². The molecular weight excluding hydrogens is 314 g/mol. The standard InChI is InChI=1S/C16H23N3O3S/c1-2-9-19-23(21,22)15-7-5-14(6-8-15)16(20)18-12-13-4-3-10-17-11-13/h2,5-8,13,17,19H,1,3-4,9-12H2,(H,18,20). The van der Waals surface area contributed by atoms with Crippen LogP contribution in [-0.4, -0.2) is 40.5 Å². The summed E-state index contributed by atoms with van der Waals surface area (Å²) < 4.78 is 26.3. The van der Waals surface area contributed by atoms with Crippen LogP contribution in [0, 0.1) is 5.92 Å². The third-order valence-corrected chi connectivity index (χ3v) is 5.23. The first-order chi connectivity index (χ1) is 11.0. The average Bonchev–Trinajstić information content (AvgIpc) is 2.59. The first kappa shape index (κ1) is 17.7. The summed E-state index contributed by atoms with van der Waals surface area (Å²) in [5.41, 5.74) is 0.455. The molecule has 126 valence electrons. The van der Waals surface area contributed by atoms with Gasteiger partial charge in [0, 0.05) is 18.7 Å². The van der Waals surface area contributed by atoms with E-state index in [1.165, 1.54) is 30.3 Å². The number of sulfonamides is 1. The van der Waals surface area contributed by atoms with Crippen molar-refractivity contribution in [3.63, 3.8) is 0 Å². The molecule has 1 fully saturated rings. The molecule has 2 rings (SSSR count). The number of hydrogen-bond acceptors (Lipinski definition) is 4. The minimum atomic E-state index is -3.56. The highest BCUT2D eigenvalue weighted by atomic mass is 32.2. The molecule has 7 heteroatoms. The zero-order valence-electron chi connectivity index (χ0n) is 13.0. The van der Waals surface area contributed by atoms with Crippen LogP contribution < -0.4 is 15.4 Å². The van der Waals surface area contributed by atoms with Crippen molar-refractivity contribution in [2.75, 3.05) is 26.2 Å². The Morgan fingerprint density at radius 2 is 2.09 bits per heavy atom. The van der Waals surface area contributed by atoms with Crippen LogP contribution >= 0.6 is 0 Å². The highest BCUT2D eigenvalue weighted by molar-refractivity contribution is 7.89. The van der Waals surface area contributed by atoms with Gasteiger partial charge in [0.1, 0.15) is 0 Å². The van der Waals surface area contributed by atoms with Gasteiger partial charge in [0.2, 0.25) is 10.0 Å². The quantitative estimate of drug-likeness (QED) is 0.645. The van der Waals surface area contributed by atoms with Crippen LogP contribution in [-0.2, 0) is 10.0 Å². The Kier molecular flexibility index (Phi) is 6.32. The predicted octanol–water partition coefficient (Wildman–Crippen LogP) is 0.880. The predicted molar refractivity (Wildman–Crippen MR) is 89.8 cm³/mol. The van der Waals surface area contributed by atoms with Gasteiger partial charge in [0.25, 0.3) is 5.91 Å². The summed E-state index contributed by atoms with van der Waals surface area (Å²) in [6.07, 6.45) is 3.71. The second-order valence-electron chi connectivity index (χ2n) is 5.59. The lowest BCUT2D eigenvalue weighted by molar-refractivity contribution is 0.0944. The molecule has 0 aliphatic carbocycles. The largest absolute Gasteiger partial charge is 0.352 e. The smallest absolute Gasteiger partial charge is 0.251 e. The molecular formula is C16H23N3O3S. The lowest BCUT2D eigenvalue weighted by Crippen LogP contribution is -2.38. The summed E-state index contributed by atoms with van der Waals surface area (Å²) in [6, 6.07) is 5.92. The van der Waals surface area contributed by atoms with Gasteiger partial charge in [-0.15, -0.1) is 6.58 Å². The van der Waals surface area contributed by atoms with Crippen molar-refractivity contribution in [2.24, 2.45) is 5.92 Å². The van der Waals surface area contributed by atoms with Gasteiger partial charge < -0.3 is 10.6 Å². The Hall–Kier alpha value is -1.70. The molecule has 23 heavy (non-hydrogen) atoms. The molecule has 0 saturated carbocycles. The average molecular weight is 337 g/mol. The molecule has 0 bridgehead atoms. The highest BCUT2D eigenvalue weighted by Gasteiger charge is 2.16. The third-order valence-electron chi connectivity index (χ3n) is 3.79. The monoisotopic (exact) mass is 337 g/mol. The van der Waals surface area contributed by atoms with E-state index < -0.39 is 10.0 Å². The molecule has 0 radical (unpaired) electrons. The zero-order valence-corrected chi connectivity index (χ0v) is 13.9. The van der Waals surface area contributed by atoms with E-state index in [4.69, 9.17) is 0 Å². The molecule has 1 atom stereocenters. The molecule has 1 aliphatic heterocycles. The lowest BCUT2D eigenvalue weighted by atomic mass is 10.00. The van der Waals surface area contributed by atoms with Gasteiger partial charge in [-0.3, -0.25) is 4.79 Å². The maximum absolute atomic E-state index is 12.1. The number of carbonyl (C=O) groups is 1. The second kappa shape index (κ2) is 8.24. The number of piperidine rings is 1. The molecule has 0 spiro atoms. The Balaban J connectivity index is 1.93. The van der Waals surface area contributed by atoms with Crippen molar-refractivity contribution in [3.8, 4) is 0 Å². The summed E-state index contributed by atoms with van der Waals surface area (Å²) in [5.74, 6) is 0.272. The minimum Gasteiger partial charge on any atom is -0.352 e. The molecule has 1 saturated heterocycles. The molecule has 1 aromatic carbocycles. The van der Waals surface area contributed by atoms with Gasteiger partial charge in [-0.1, -0.05) is 6.08 Å². The fraction of sp³-hybridized carbons (Fsp3) is 0.438. The van der Waals surface area contributed by atoms with Crippen molar-refractivity contribution in [1.29, 1.82) is 0 Å². The summed E-state index contributed by atoms with van der Waals surface area (Å²) in [4.78, 5) is 12.2. The van der Waals surface area contributed by atoms with E-state index in [-0.39, 0.29) is 17.3 Å². The van der Waals surface area contributed by atoms with Gasteiger partial charge in [-0.2, -0.15) is 0 Å². The molecule has 1 aliphatic rings. The van der Waals surface area contributed by atoms with E-state index >= 15 is 0 Å². The van der Waals surface area contributed by atoms with Crippen LogP contribution in [0.2, 0.25) is 0 Å². The van der Waals surface area contributed by atoms with Crippen molar-refractivity contribution in [2.45, 2.75) is 17.7 Å². The van der Waals surface area contributed by atoms with Gasteiger partial charge in [-0.25, -0.2) is 13.1 Å². The molecule has 1 aromatic rings. The number of carbonyl (C=O) groups excluding carboxylic acids is 1. The van der Waals surface area contributed by atoms with Crippen LogP contribution in [0.5, 0.6) is 0 Å². The highest BCUT2D eigenvalue weighted by Crippen LogP contribution is 2.12. The van der Waals surface area contributed by atoms with E-state index in [9.17, 15) is 13.2 Å². The topological polar surface area (TPSA) is 87.3 Å². The van der Waals surface area contributed by atoms with E-state index in [1.54, 1.807) is 0 Å². The Bertz CT molecular complexity index is 635. The van der Waals surface area contributed by atoms with Crippen LogP contribution in [0.3, 0.4) is 0 Å².